The number of piperidine rings is 1. The molecule has 188 valence electrons. The monoisotopic (exact) mass is 563 g/mol. The van der Waals surface area contributed by atoms with E-state index in [1.165, 1.54) is 4.31 Å². The van der Waals surface area contributed by atoms with Gasteiger partial charge in [0.2, 0.25) is 21.8 Å². The van der Waals surface area contributed by atoms with Crippen molar-refractivity contribution in [3.63, 3.8) is 0 Å². The maximum absolute atomic E-state index is 13.8. The Morgan fingerprint density at radius 3 is 2.57 bits per heavy atom. The zero-order valence-electron chi connectivity index (χ0n) is 19.9. The summed E-state index contributed by atoms with van der Waals surface area (Å²) in [6.45, 7) is 5.12. The number of benzene rings is 2. The van der Waals surface area contributed by atoms with Gasteiger partial charge in [0.25, 0.3) is 0 Å². The molecular formula is C25H30BrN3O5S. The SMILES string of the molecule is CCOc1ccc(NC(=O)[C@@H]2CCCN(S(=O)(=O)c3cc(Br)cc4c3N(C(=O)CC)CC4)C2)cc1. The number of carbonyl (C=O) groups excluding carboxylic acids is 2. The number of hydrogen-bond acceptors (Lipinski definition) is 5. The van der Waals surface area contributed by atoms with E-state index >= 15 is 0 Å². The molecule has 4 rings (SSSR count). The van der Waals surface area contributed by atoms with Crippen molar-refractivity contribution in [3.05, 3.63) is 46.4 Å². The summed E-state index contributed by atoms with van der Waals surface area (Å²) in [5, 5.41) is 2.90. The minimum atomic E-state index is -3.92. The van der Waals surface area contributed by atoms with E-state index in [0.29, 0.717) is 61.2 Å². The lowest BCUT2D eigenvalue weighted by molar-refractivity contribution is -0.121. The second-order valence-electron chi connectivity index (χ2n) is 8.71. The second-order valence-corrected chi connectivity index (χ2v) is 11.5. The van der Waals surface area contributed by atoms with Crippen molar-refractivity contribution < 1.29 is 22.7 Å². The van der Waals surface area contributed by atoms with Crippen LogP contribution < -0.4 is 15.0 Å². The number of anilines is 2. The fourth-order valence-electron chi connectivity index (χ4n) is 4.67. The molecule has 1 saturated heterocycles. The molecule has 2 aliphatic rings. The van der Waals surface area contributed by atoms with Gasteiger partial charge in [0.1, 0.15) is 10.6 Å². The number of hydrogen-bond donors (Lipinski definition) is 1. The first-order valence-electron chi connectivity index (χ1n) is 11.9. The Morgan fingerprint density at radius 2 is 1.89 bits per heavy atom. The van der Waals surface area contributed by atoms with Gasteiger partial charge in [-0.1, -0.05) is 22.9 Å². The van der Waals surface area contributed by atoms with Crippen LogP contribution in [-0.4, -0.2) is 50.8 Å². The highest BCUT2D eigenvalue weighted by Crippen LogP contribution is 2.40. The van der Waals surface area contributed by atoms with Gasteiger partial charge in [-0.25, -0.2) is 8.42 Å². The molecule has 0 radical (unpaired) electrons. The third kappa shape index (κ3) is 5.39. The van der Waals surface area contributed by atoms with Crippen LogP contribution in [0.4, 0.5) is 11.4 Å². The number of fused-ring (bicyclic) bond motifs is 1. The van der Waals surface area contributed by atoms with Gasteiger partial charge in [-0.2, -0.15) is 4.31 Å². The minimum absolute atomic E-state index is 0.0915. The number of ether oxygens (including phenoxy) is 1. The van der Waals surface area contributed by atoms with Crippen molar-refractivity contribution in [2.75, 3.05) is 36.5 Å². The number of rotatable bonds is 7. The van der Waals surface area contributed by atoms with E-state index < -0.39 is 15.9 Å². The largest absolute Gasteiger partial charge is 0.494 e. The molecule has 2 heterocycles. The van der Waals surface area contributed by atoms with Crippen LogP contribution in [-0.2, 0) is 26.0 Å². The van der Waals surface area contributed by atoms with E-state index in [1.54, 1.807) is 42.2 Å². The number of carbonyl (C=O) groups is 2. The van der Waals surface area contributed by atoms with Crippen LogP contribution in [0.15, 0.2) is 45.8 Å². The van der Waals surface area contributed by atoms with Crippen LogP contribution in [0.1, 0.15) is 38.7 Å². The molecule has 0 aromatic heterocycles. The predicted molar refractivity (Wildman–Crippen MR) is 138 cm³/mol. The van der Waals surface area contributed by atoms with Crippen LogP contribution in [0.25, 0.3) is 0 Å². The Hall–Kier alpha value is -2.43. The summed E-state index contributed by atoms with van der Waals surface area (Å²) in [5.74, 6) is -0.0682. The summed E-state index contributed by atoms with van der Waals surface area (Å²) >= 11 is 3.43. The second kappa shape index (κ2) is 10.7. The van der Waals surface area contributed by atoms with Crippen molar-refractivity contribution in [3.8, 4) is 5.75 Å². The number of amides is 2. The molecule has 1 N–H and O–H groups in total. The molecule has 8 nitrogen and oxygen atoms in total. The van der Waals surface area contributed by atoms with E-state index in [9.17, 15) is 18.0 Å². The average molecular weight is 565 g/mol. The Balaban J connectivity index is 1.55. The van der Waals surface area contributed by atoms with Gasteiger partial charge in [-0.05, 0) is 68.1 Å². The Morgan fingerprint density at radius 1 is 1.14 bits per heavy atom. The minimum Gasteiger partial charge on any atom is -0.494 e. The third-order valence-electron chi connectivity index (χ3n) is 6.40. The molecule has 0 saturated carbocycles. The molecule has 0 spiro atoms. The first kappa shape index (κ1) is 25.7. The van der Waals surface area contributed by atoms with Crippen molar-refractivity contribution in [2.24, 2.45) is 5.92 Å². The molecule has 0 bridgehead atoms. The molecule has 10 heteroatoms. The molecule has 35 heavy (non-hydrogen) atoms. The van der Waals surface area contributed by atoms with Gasteiger partial charge >= 0.3 is 0 Å². The van der Waals surface area contributed by atoms with E-state index in [-0.39, 0.29) is 23.3 Å². The number of nitrogens with zero attached hydrogens (tertiary/aromatic N) is 2. The summed E-state index contributed by atoms with van der Waals surface area (Å²) in [7, 11) is -3.92. The summed E-state index contributed by atoms with van der Waals surface area (Å²) in [4.78, 5) is 27.2. The first-order chi connectivity index (χ1) is 16.7. The van der Waals surface area contributed by atoms with E-state index in [0.717, 1.165) is 11.3 Å². The van der Waals surface area contributed by atoms with Crippen molar-refractivity contribution in [2.45, 2.75) is 44.4 Å². The Bertz CT molecular complexity index is 1220. The van der Waals surface area contributed by atoms with E-state index in [2.05, 4.69) is 21.2 Å². The molecule has 0 unspecified atom stereocenters. The number of nitrogens with one attached hydrogen (secondary N) is 1. The van der Waals surface area contributed by atoms with Gasteiger partial charge in [0.15, 0.2) is 0 Å². The van der Waals surface area contributed by atoms with Crippen molar-refractivity contribution in [1.29, 1.82) is 0 Å². The first-order valence-corrected chi connectivity index (χ1v) is 14.1. The molecule has 0 aliphatic carbocycles. The van der Waals surface area contributed by atoms with E-state index in [4.69, 9.17) is 4.74 Å². The highest BCUT2D eigenvalue weighted by atomic mass is 79.9. The summed E-state index contributed by atoms with van der Waals surface area (Å²) in [5.41, 5.74) is 1.94. The molecule has 2 amide bonds. The lowest BCUT2D eigenvalue weighted by Gasteiger charge is -2.32. The molecule has 2 aliphatic heterocycles. The fraction of sp³-hybridized carbons (Fsp3) is 0.440. The normalized spacial score (nSPS) is 18.3. The van der Waals surface area contributed by atoms with Crippen molar-refractivity contribution >= 4 is 49.1 Å². The van der Waals surface area contributed by atoms with Crippen LogP contribution in [0, 0.1) is 5.92 Å². The average Bonchev–Trinajstić information content (AvgIpc) is 3.28. The van der Waals surface area contributed by atoms with Crippen LogP contribution in [0.5, 0.6) is 5.75 Å². The summed E-state index contributed by atoms with van der Waals surface area (Å²) < 4.78 is 35.1. The van der Waals surface area contributed by atoms with E-state index in [1.807, 2.05) is 13.0 Å². The third-order valence-corrected chi connectivity index (χ3v) is 8.74. The molecule has 1 fully saturated rings. The maximum Gasteiger partial charge on any atom is 0.245 e. The Kier molecular flexibility index (Phi) is 7.83. The molecule has 2 aromatic carbocycles. The van der Waals surface area contributed by atoms with Gasteiger partial charge in [-0.15, -0.1) is 0 Å². The van der Waals surface area contributed by atoms with Gasteiger partial charge < -0.3 is 15.0 Å². The summed E-state index contributed by atoms with van der Waals surface area (Å²) in [6.07, 6.45) is 2.09. The maximum atomic E-state index is 13.8. The van der Waals surface area contributed by atoms with Crippen molar-refractivity contribution in [1.82, 2.24) is 4.31 Å². The highest BCUT2D eigenvalue weighted by Gasteiger charge is 2.38. The van der Waals surface area contributed by atoms with Gasteiger partial charge in [0.05, 0.1) is 18.2 Å². The summed E-state index contributed by atoms with van der Waals surface area (Å²) in [6, 6.07) is 10.6. The fourth-order valence-corrected chi connectivity index (χ4v) is 7.11. The number of halogens is 1. The molecular weight excluding hydrogens is 534 g/mol. The zero-order chi connectivity index (χ0) is 25.2. The lowest BCUT2D eigenvalue weighted by atomic mass is 9.99. The molecule has 2 aromatic rings. The molecule has 1 atom stereocenters. The predicted octanol–water partition coefficient (Wildman–Crippen LogP) is 4.19. The standard InChI is InChI=1S/C25H30BrN3O5S/c1-3-23(30)29-13-11-17-14-19(26)15-22(24(17)29)35(32,33)28-12-5-6-18(16-28)25(31)27-20-7-9-21(10-8-20)34-4-2/h7-10,14-15,18H,3-6,11-13,16H2,1-2H3,(H,27,31)/t18-/m1/s1. The Labute approximate surface area is 214 Å². The van der Waals surface area contributed by atoms with Gasteiger partial charge in [-0.3, -0.25) is 9.59 Å². The topological polar surface area (TPSA) is 96.0 Å². The quantitative estimate of drug-likeness (QED) is 0.545. The highest BCUT2D eigenvalue weighted by molar-refractivity contribution is 9.10. The van der Waals surface area contributed by atoms with Crippen LogP contribution in [0.3, 0.4) is 0 Å². The number of sulfonamides is 1. The van der Waals surface area contributed by atoms with Gasteiger partial charge in [0, 0.05) is 36.2 Å². The zero-order valence-corrected chi connectivity index (χ0v) is 22.3. The smallest absolute Gasteiger partial charge is 0.245 e. The lowest BCUT2D eigenvalue weighted by Crippen LogP contribution is -2.44. The van der Waals surface area contributed by atoms with Crippen LogP contribution in [0.2, 0.25) is 0 Å². The van der Waals surface area contributed by atoms with Crippen LogP contribution >= 0.6 is 15.9 Å².